The lowest BCUT2D eigenvalue weighted by atomic mass is 10.3. The molecule has 1 unspecified atom stereocenters. The first-order valence-electron chi connectivity index (χ1n) is 4.73. The molecule has 3 N–H and O–H groups in total. The van der Waals surface area contributed by atoms with Crippen LogP contribution in [0.4, 0.5) is 5.69 Å². The zero-order chi connectivity index (χ0) is 13.3. The van der Waals surface area contributed by atoms with E-state index in [2.05, 4.69) is 5.32 Å². The van der Waals surface area contributed by atoms with Crippen LogP contribution in [0, 0.1) is 5.21 Å². The molecular formula is C10H7Cl3N2O3. The zero-order valence-electron chi connectivity index (χ0n) is 8.71. The van der Waals surface area contributed by atoms with Gasteiger partial charge < -0.3 is 15.3 Å². The van der Waals surface area contributed by atoms with E-state index < -0.39 is 5.23 Å². The summed E-state index contributed by atoms with van der Waals surface area (Å²) in [5.41, 5.74) is 0.314. The fourth-order valence-electron chi connectivity index (χ4n) is 1.42. The van der Waals surface area contributed by atoms with Gasteiger partial charge in [-0.05, 0) is 12.1 Å². The molecule has 0 saturated heterocycles. The number of nitrogens with one attached hydrogen (secondary N) is 2. The monoisotopic (exact) mass is 308 g/mol. The van der Waals surface area contributed by atoms with Gasteiger partial charge in [0.25, 0.3) is 5.88 Å². The van der Waals surface area contributed by atoms with E-state index in [4.69, 9.17) is 44.7 Å². The highest BCUT2D eigenvalue weighted by molar-refractivity contribution is 6.59. The summed E-state index contributed by atoms with van der Waals surface area (Å²) >= 11 is 16.7. The second-order valence-electron chi connectivity index (χ2n) is 3.31. The van der Waals surface area contributed by atoms with E-state index in [1.165, 1.54) is 0 Å². The smallest absolute Gasteiger partial charge is 0.265 e. The lowest BCUT2D eigenvalue weighted by Crippen LogP contribution is -3.03. The number of hydroxylamine groups is 2. The molecule has 0 fully saturated rings. The number of fused-ring (bicyclic) bond motifs is 1. The summed E-state index contributed by atoms with van der Waals surface area (Å²) in [5, 5.41) is 21.5. The van der Waals surface area contributed by atoms with Crippen LogP contribution < -0.4 is 15.3 Å². The maximum atomic E-state index is 11.2. The molecule has 1 aliphatic rings. The van der Waals surface area contributed by atoms with Crippen molar-refractivity contribution < 1.29 is 15.2 Å². The highest BCUT2D eigenvalue weighted by Crippen LogP contribution is 2.35. The maximum Gasteiger partial charge on any atom is 0.265 e. The minimum Gasteiger partial charge on any atom is -0.595 e. The van der Waals surface area contributed by atoms with Crippen molar-refractivity contribution >= 4 is 40.5 Å². The number of halogens is 3. The lowest BCUT2D eigenvalue weighted by molar-refractivity contribution is -1.01. The Morgan fingerprint density at radius 2 is 1.94 bits per heavy atom. The minimum absolute atomic E-state index is 0.0208. The van der Waals surface area contributed by atoms with E-state index in [9.17, 15) is 5.21 Å². The van der Waals surface area contributed by atoms with Crippen LogP contribution in [0.25, 0.3) is 0 Å². The molecule has 1 aliphatic heterocycles. The average molecular weight is 310 g/mol. The fraction of sp³-hybridized carbons (Fsp3) is 0. The Labute approximate surface area is 117 Å². The summed E-state index contributed by atoms with van der Waals surface area (Å²) in [6, 6.07) is 6.97. The van der Waals surface area contributed by atoms with Crippen LogP contribution in [0.2, 0.25) is 0 Å². The first-order valence-corrected chi connectivity index (χ1v) is 5.86. The molecule has 0 bridgehead atoms. The summed E-state index contributed by atoms with van der Waals surface area (Å²) in [6.45, 7) is 0. The van der Waals surface area contributed by atoms with Gasteiger partial charge in [-0.25, -0.2) is 5.21 Å². The van der Waals surface area contributed by atoms with Gasteiger partial charge in [0.2, 0.25) is 5.70 Å². The first-order chi connectivity index (χ1) is 8.50. The highest BCUT2D eigenvalue weighted by atomic mass is 35.5. The molecule has 0 spiro atoms. The number of benzene rings is 1. The molecule has 18 heavy (non-hydrogen) atoms. The van der Waals surface area contributed by atoms with Crippen molar-refractivity contribution in [1.82, 2.24) is 0 Å². The molecule has 0 aromatic heterocycles. The first kappa shape index (κ1) is 13.5. The molecule has 1 atom stereocenters. The summed E-state index contributed by atoms with van der Waals surface area (Å²) in [6.07, 6.45) is 0. The summed E-state index contributed by atoms with van der Waals surface area (Å²) in [4.78, 5) is 0. The molecule has 2 rings (SSSR count). The van der Waals surface area contributed by atoms with Crippen LogP contribution in [0.15, 0.2) is 45.4 Å². The van der Waals surface area contributed by atoms with Gasteiger partial charge in [0.1, 0.15) is 9.52 Å². The van der Waals surface area contributed by atoms with Gasteiger partial charge in [0.15, 0.2) is 5.75 Å². The van der Waals surface area contributed by atoms with E-state index in [1.54, 1.807) is 24.3 Å². The van der Waals surface area contributed by atoms with E-state index in [1.807, 2.05) is 0 Å². The molecule has 8 heteroatoms. The molecule has 5 nitrogen and oxygen atoms in total. The lowest BCUT2D eigenvalue weighted by Gasteiger charge is -2.16. The third-order valence-corrected chi connectivity index (χ3v) is 3.12. The second kappa shape index (κ2) is 5.36. The average Bonchev–Trinajstić information content (AvgIpc) is 2.71. The number of anilines is 1. The van der Waals surface area contributed by atoms with Gasteiger partial charge in [0, 0.05) is 0 Å². The molecule has 0 amide bonds. The van der Waals surface area contributed by atoms with Crippen LogP contribution in [-0.2, 0) is 0 Å². The molecule has 96 valence electrons. The SMILES string of the molecule is [O-][NH+](O)/C(C(Cl)=C(Cl)Cl)=C1/Nc2ccccc2O1. The van der Waals surface area contributed by atoms with Gasteiger partial charge in [-0.2, -0.15) is 5.23 Å². The Balaban J connectivity index is 2.46. The molecule has 1 heterocycles. The molecule has 1 aromatic carbocycles. The van der Waals surface area contributed by atoms with Crippen LogP contribution in [-0.4, -0.2) is 5.21 Å². The number of hydrogen-bond donors (Lipinski definition) is 3. The van der Waals surface area contributed by atoms with E-state index >= 15 is 0 Å². The van der Waals surface area contributed by atoms with Gasteiger partial charge >= 0.3 is 0 Å². The molecule has 0 radical (unpaired) electrons. The number of ether oxygens (including phenoxy) is 1. The fourth-order valence-corrected chi connectivity index (χ4v) is 1.77. The van der Waals surface area contributed by atoms with Crippen LogP contribution in [0.1, 0.15) is 0 Å². The Kier molecular flexibility index (Phi) is 4.01. The predicted molar refractivity (Wildman–Crippen MR) is 68.4 cm³/mol. The number of hydrogen-bond acceptors (Lipinski definition) is 4. The van der Waals surface area contributed by atoms with Crippen molar-refractivity contribution in [2.75, 3.05) is 5.32 Å². The van der Waals surface area contributed by atoms with Crippen molar-refractivity contribution in [1.29, 1.82) is 0 Å². The van der Waals surface area contributed by atoms with Gasteiger partial charge in [-0.1, -0.05) is 46.9 Å². The van der Waals surface area contributed by atoms with Gasteiger partial charge in [-0.15, -0.1) is 0 Å². The third kappa shape index (κ3) is 2.56. The summed E-state index contributed by atoms with van der Waals surface area (Å²) in [5.74, 6) is 0.480. The molecule has 0 saturated carbocycles. The molecular weight excluding hydrogens is 302 g/mol. The largest absolute Gasteiger partial charge is 0.595 e. The van der Waals surface area contributed by atoms with Crippen LogP contribution in [0.3, 0.4) is 0 Å². The quantitative estimate of drug-likeness (QED) is 0.733. The Hall–Kier alpha value is -0.950. The molecule has 1 aromatic rings. The van der Waals surface area contributed by atoms with Crippen molar-refractivity contribution in [2.24, 2.45) is 0 Å². The third-order valence-electron chi connectivity index (χ3n) is 2.17. The second-order valence-corrected chi connectivity index (χ2v) is 4.63. The summed E-state index contributed by atoms with van der Waals surface area (Å²) < 4.78 is 5.01. The Morgan fingerprint density at radius 3 is 2.50 bits per heavy atom. The van der Waals surface area contributed by atoms with E-state index in [0.717, 1.165) is 0 Å². The number of rotatable bonds is 2. The van der Waals surface area contributed by atoms with E-state index in [0.29, 0.717) is 11.4 Å². The summed E-state index contributed by atoms with van der Waals surface area (Å²) in [7, 11) is 0. The Morgan fingerprint density at radius 1 is 1.28 bits per heavy atom. The Bertz CT molecular complexity index is 512. The van der Waals surface area contributed by atoms with Crippen molar-refractivity contribution in [3.8, 4) is 5.75 Å². The highest BCUT2D eigenvalue weighted by Gasteiger charge is 2.27. The van der Waals surface area contributed by atoms with Gasteiger partial charge in [0.05, 0.1) is 5.69 Å². The van der Waals surface area contributed by atoms with E-state index in [-0.39, 0.29) is 21.1 Å². The maximum absolute atomic E-state index is 11.2. The number of para-hydroxylation sites is 2. The number of quaternary nitrogens is 1. The predicted octanol–water partition coefficient (Wildman–Crippen LogP) is 2.32. The van der Waals surface area contributed by atoms with Crippen molar-refractivity contribution in [3.05, 3.63) is 50.6 Å². The normalized spacial score (nSPS) is 17.4. The van der Waals surface area contributed by atoms with Crippen LogP contribution >= 0.6 is 34.8 Å². The minimum atomic E-state index is -1.30. The van der Waals surface area contributed by atoms with Gasteiger partial charge in [-0.3, -0.25) is 0 Å². The number of allylic oxidation sites excluding steroid dienone is 1. The van der Waals surface area contributed by atoms with Crippen molar-refractivity contribution in [3.63, 3.8) is 0 Å². The standard InChI is InChI=1S/C10H7Cl3N2O3/c11-7(9(12)13)8(15(16)17)10-14-5-3-1-2-4-6(5)18-10/h1-4,14-16H/b10-8-. The molecule has 0 aliphatic carbocycles. The van der Waals surface area contributed by atoms with Crippen molar-refractivity contribution in [2.45, 2.75) is 0 Å². The van der Waals surface area contributed by atoms with Crippen LogP contribution in [0.5, 0.6) is 5.75 Å². The zero-order valence-corrected chi connectivity index (χ0v) is 11.0. The topological polar surface area (TPSA) is 69.0 Å².